The van der Waals surface area contributed by atoms with Gasteiger partial charge in [-0.2, -0.15) is 8.42 Å². The van der Waals surface area contributed by atoms with Crippen LogP contribution in [0.2, 0.25) is 0 Å². The van der Waals surface area contributed by atoms with E-state index >= 15 is 0 Å². The molecule has 0 saturated carbocycles. The first-order valence-electron chi connectivity index (χ1n) is 1.23. The molecule has 0 radical (unpaired) electrons. The first-order chi connectivity index (χ1) is 3.41. The second kappa shape index (κ2) is 10.5. The summed E-state index contributed by atoms with van der Waals surface area (Å²) in [6.45, 7) is 0. The molecule has 0 spiro atoms. The molecule has 2 N–H and O–H groups in total. The number of rotatable bonds is 0. The van der Waals surface area contributed by atoms with Crippen LogP contribution in [0.15, 0.2) is 0 Å². The predicted molar refractivity (Wildman–Crippen MR) is 40.2 cm³/mol. The van der Waals surface area contributed by atoms with Gasteiger partial charge in [0.15, 0.2) is 0 Å². The standard InChI is InChI=1S/Ca.2ClH.Mg.H2O4S.2H/c;;;;1-5(2,3)4;;/h;2*1H;;(H2,1,2,3,4);;/q;;;+2;;;/p-2. The molecule has 0 aliphatic carbocycles. The number of hydrogen-bond donors (Lipinski definition) is 2. The molecule has 0 bridgehead atoms. The fourth-order valence-electron chi connectivity index (χ4n) is 0. The van der Waals surface area contributed by atoms with Crippen molar-refractivity contribution in [2.24, 2.45) is 0 Å². The summed E-state index contributed by atoms with van der Waals surface area (Å²) >= 11 is -0.639. The third-order valence-corrected chi connectivity index (χ3v) is 0. The van der Waals surface area contributed by atoms with Crippen LogP contribution >= 0.6 is 18.1 Å². The molecule has 0 heterocycles. The second-order valence-electron chi connectivity index (χ2n) is 0.549. The summed E-state index contributed by atoms with van der Waals surface area (Å²) in [4.78, 5) is 0. The summed E-state index contributed by atoms with van der Waals surface area (Å²) in [5, 5.41) is 0. The zero-order valence-corrected chi connectivity index (χ0v) is 7.32. The van der Waals surface area contributed by atoms with Crippen LogP contribution in [-0.2, 0) is 10.4 Å². The summed E-state index contributed by atoms with van der Waals surface area (Å²) in [5.74, 6) is 0. The number of hydrogen-bond acceptors (Lipinski definition) is 2. The van der Waals surface area contributed by atoms with Crippen LogP contribution < -0.4 is 0 Å². The van der Waals surface area contributed by atoms with Gasteiger partial charge in [0.25, 0.3) is 0 Å². The van der Waals surface area contributed by atoms with E-state index in [-0.39, 0.29) is 37.7 Å². The SMILES string of the molecule is O=S(=O)(O)O.[CaH2].[Cl][Mg][Cl]. The molecule has 0 atom stereocenters. The van der Waals surface area contributed by atoms with Gasteiger partial charge >= 0.3 is 66.3 Å². The molecule has 0 aliphatic heterocycles. The average Bonchev–Trinajstić information content (AvgIpc) is 1.27. The summed E-state index contributed by atoms with van der Waals surface area (Å²) in [7, 11) is 5.14. The van der Waals surface area contributed by atoms with Gasteiger partial charge in [-0.1, -0.05) is 0 Å². The molecule has 0 fully saturated rings. The largest absolute Gasteiger partial charge is 0.618 e. The summed E-state index contributed by atoms with van der Waals surface area (Å²) in [6, 6.07) is 0. The molecular formula is H4CaCl2MgO4S. The Morgan fingerprint density at radius 3 is 1.22 bits per heavy atom. The minimum atomic E-state index is -4.67. The quantitative estimate of drug-likeness (QED) is 0.435. The van der Waals surface area contributed by atoms with E-state index in [1.165, 1.54) is 0 Å². The van der Waals surface area contributed by atoms with Crippen LogP contribution in [0, 0.1) is 0 Å². The van der Waals surface area contributed by atoms with Gasteiger partial charge in [-0.15, -0.1) is 0 Å². The Morgan fingerprint density at radius 2 is 1.22 bits per heavy atom. The zero-order chi connectivity index (χ0) is 7.21. The van der Waals surface area contributed by atoms with E-state index in [9.17, 15) is 0 Å². The van der Waals surface area contributed by atoms with Gasteiger partial charge in [-0.3, -0.25) is 9.11 Å². The molecule has 9 heteroatoms. The Labute approximate surface area is 100 Å². The van der Waals surface area contributed by atoms with Gasteiger partial charge in [0.1, 0.15) is 0 Å². The second-order valence-corrected chi connectivity index (χ2v) is 4.07. The van der Waals surface area contributed by atoms with Crippen LogP contribution in [0.5, 0.6) is 0 Å². The molecule has 9 heavy (non-hydrogen) atoms. The first-order valence-corrected chi connectivity index (χ1v) is 6.91. The molecule has 0 saturated heterocycles. The minimum absolute atomic E-state index is 0. The van der Waals surface area contributed by atoms with E-state index in [1.54, 1.807) is 0 Å². The maximum atomic E-state index is 8.74. The third-order valence-electron chi connectivity index (χ3n) is 0. The van der Waals surface area contributed by atoms with Crippen molar-refractivity contribution < 1.29 is 17.5 Å². The Kier molecular flexibility index (Phi) is 20.4. The van der Waals surface area contributed by atoms with Crippen molar-refractivity contribution in [2.75, 3.05) is 0 Å². The fourth-order valence-corrected chi connectivity index (χ4v) is 0. The maximum absolute atomic E-state index is 8.74. The molecule has 0 aliphatic rings. The molecule has 0 aromatic rings. The van der Waals surface area contributed by atoms with Crippen molar-refractivity contribution in [3.05, 3.63) is 0 Å². The molecule has 0 rings (SSSR count). The van der Waals surface area contributed by atoms with Crippen LogP contribution in [0.1, 0.15) is 0 Å². The summed E-state index contributed by atoms with van der Waals surface area (Å²) < 4.78 is 31.6. The zero-order valence-electron chi connectivity index (χ0n) is 3.58. The molecule has 4 nitrogen and oxygen atoms in total. The molecule has 52 valence electrons. The fraction of sp³-hybridized carbons (Fsp3) is 0. The number of halogens is 2. The summed E-state index contributed by atoms with van der Waals surface area (Å²) in [5.41, 5.74) is 0. The first kappa shape index (κ1) is 17.5. The normalized spacial score (nSPS) is 7.56. The van der Waals surface area contributed by atoms with Crippen molar-refractivity contribution >= 4 is 84.4 Å². The van der Waals surface area contributed by atoms with Crippen molar-refractivity contribution in [1.82, 2.24) is 0 Å². The summed E-state index contributed by atoms with van der Waals surface area (Å²) in [6.07, 6.45) is 0. The molecule has 0 aromatic carbocycles. The van der Waals surface area contributed by atoms with E-state index in [4.69, 9.17) is 35.7 Å². The van der Waals surface area contributed by atoms with Crippen LogP contribution in [0.4, 0.5) is 0 Å². The van der Waals surface area contributed by atoms with E-state index in [1.807, 2.05) is 0 Å². The van der Waals surface area contributed by atoms with Crippen molar-refractivity contribution in [3.63, 3.8) is 0 Å². The molecule has 0 amide bonds. The topological polar surface area (TPSA) is 74.6 Å². The van der Waals surface area contributed by atoms with Crippen LogP contribution in [0.3, 0.4) is 0 Å². The Morgan fingerprint density at radius 1 is 1.22 bits per heavy atom. The predicted octanol–water partition coefficient (Wildman–Crippen LogP) is -0.571. The molecule has 0 unspecified atom stereocenters. The molecule has 0 aromatic heterocycles. The van der Waals surface area contributed by atoms with Gasteiger partial charge in [0, 0.05) is 0 Å². The van der Waals surface area contributed by atoms with Crippen molar-refractivity contribution in [3.8, 4) is 0 Å². The average molecular weight is 235 g/mol. The maximum Gasteiger partial charge on any atom is 0.618 e. The van der Waals surface area contributed by atoms with Gasteiger partial charge in [0.05, 0.1) is 0 Å². The Balaban J connectivity index is -0.0000000800. The van der Waals surface area contributed by atoms with E-state index in [0.29, 0.717) is 0 Å². The smallest absolute Gasteiger partial charge is 0.309 e. The monoisotopic (exact) mass is 234 g/mol. The van der Waals surface area contributed by atoms with Crippen LogP contribution in [-0.4, -0.2) is 73.4 Å². The van der Waals surface area contributed by atoms with Gasteiger partial charge in [0.2, 0.25) is 0 Å². The minimum Gasteiger partial charge on any atom is -0.309 e. The van der Waals surface area contributed by atoms with Gasteiger partial charge in [-0.25, -0.2) is 0 Å². The van der Waals surface area contributed by atoms with Gasteiger partial charge < -0.3 is 18.1 Å². The van der Waals surface area contributed by atoms with Crippen LogP contribution in [0.25, 0.3) is 0 Å². The van der Waals surface area contributed by atoms with Gasteiger partial charge in [-0.05, 0) is 0 Å². The Hall–Kier alpha value is 2.48. The third kappa shape index (κ3) is 123. The molecular weight excluding hydrogens is 231 g/mol. The van der Waals surface area contributed by atoms with Crippen molar-refractivity contribution in [2.45, 2.75) is 0 Å². The van der Waals surface area contributed by atoms with E-state index in [2.05, 4.69) is 0 Å². The Bertz CT molecular complexity index is 113. The van der Waals surface area contributed by atoms with E-state index < -0.39 is 28.6 Å². The van der Waals surface area contributed by atoms with E-state index in [0.717, 1.165) is 0 Å². The van der Waals surface area contributed by atoms with Crippen molar-refractivity contribution in [1.29, 1.82) is 0 Å².